The average Bonchev–Trinajstić information content (AvgIpc) is 1.95. The van der Waals surface area contributed by atoms with E-state index in [4.69, 9.17) is 4.74 Å². The Bertz CT molecular complexity index is 231. The van der Waals surface area contributed by atoms with Crippen molar-refractivity contribution in [3.8, 4) is 11.5 Å². The first kappa shape index (κ1) is 6.93. The smallest absolute Gasteiger partial charge is 0.181 e. The van der Waals surface area contributed by atoms with E-state index in [-0.39, 0.29) is 5.75 Å². The third-order valence-electron chi connectivity index (χ3n) is 1.38. The van der Waals surface area contributed by atoms with Gasteiger partial charge in [-0.15, -0.1) is 0 Å². The molecule has 0 unspecified atom stereocenters. The van der Waals surface area contributed by atoms with Gasteiger partial charge in [0.15, 0.2) is 5.75 Å². The van der Waals surface area contributed by atoms with Crippen molar-refractivity contribution in [2.24, 2.45) is 0 Å². The zero-order valence-corrected chi connectivity index (χ0v) is 6.05. The van der Waals surface area contributed by atoms with Crippen LogP contribution in [-0.4, -0.2) is 7.11 Å². The molecule has 10 heavy (non-hydrogen) atoms. The van der Waals surface area contributed by atoms with Gasteiger partial charge in [0.1, 0.15) is 5.75 Å². The van der Waals surface area contributed by atoms with Crippen LogP contribution in [0, 0.1) is 6.92 Å². The summed E-state index contributed by atoms with van der Waals surface area (Å²) in [5.41, 5.74) is 0.722. The fourth-order valence-electron chi connectivity index (χ4n) is 0.749. The maximum Gasteiger partial charge on any atom is 0.181 e. The van der Waals surface area contributed by atoms with E-state index < -0.39 is 0 Å². The molecular weight excluding hydrogens is 128 g/mol. The Morgan fingerprint density at radius 3 is 2.60 bits per heavy atom. The molecule has 53 valence electrons. The highest BCUT2D eigenvalue weighted by Crippen LogP contribution is 2.21. The van der Waals surface area contributed by atoms with Crippen molar-refractivity contribution in [3.63, 3.8) is 0 Å². The molecule has 2 nitrogen and oxygen atoms in total. The van der Waals surface area contributed by atoms with Gasteiger partial charge in [0, 0.05) is 5.56 Å². The average molecular weight is 137 g/mol. The Morgan fingerprint density at radius 1 is 1.40 bits per heavy atom. The van der Waals surface area contributed by atoms with E-state index in [2.05, 4.69) is 0 Å². The van der Waals surface area contributed by atoms with Gasteiger partial charge in [0.25, 0.3) is 0 Å². The second kappa shape index (κ2) is 2.60. The van der Waals surface area contributed by atoms with Crippen molar-refractivity contribution >= 4 is 0 Å². The molecule has 0 aliphatic heterocycles. The quantitative estimate of drug-likeness (QED) is 0.583. The molecule has 1 rings (SSSR count). The van der Waals surface area contributed by atoms with Crippen LogP contribution in [0.15, 0.2) is 18.2 Å². The number of methoxy groups -OCH3 is 1. The van der Waals surface area contributed by atoms with Gasteiger partial charge in [0.2, 0.25) is 0 Å². The second-order valence-electron chi connectivity index (χ2n) is 2.13. The Labute approximate surface area is 60.1 Å². The molecule has 1 radical (unpaired) electrons. The van der Waals surface area contributed by atoms with Crippen molar-refractivity contribution in [1.82, 2.24) is 0 Å². The molecule has 0 saturated carbocycles. The van der Waals surface area contributed by atoms with Crippen LogP contribution in [0.2, 0.25) is 0 Å². The van der Waals surface area contributed by atoms with Crippen LogP contribution in [0.1, 0.15) is 5.56 Å². The highest BCUT2D eigenvalue weighted by Gasteiger charge is 1.97. The Kier molecular flexibility index (Phi) is 1.81. The maximum atomic E-state index is 10.8. The summed E-state index contributed by atoms with van der Waals surface area (Å²) < 4.78 is 4.91. The lowest BCUT2D eigenvalue weighted by Crippen LogP contribution is -1.82. The Balaban J connectivity index is 3.04. The highest BCUT2D eigenvalue weighted by atomic mass is 16.5. The predicted molar refractivity (Wildman–Crippen MR) is 37.9 cm³/mol. The first-order valence-electron chi connectivity index (χ1n) is 3.05. The van der Waals surface area contributed by atoms with E-state index in [1.807, 2.05) is 0 Å². The molecule has 0 N–H and O–H groups in total. The first-order chi connectivity index (χ1) is 4.74. The van der Waals surface area contributed by atoms with Crippen molar-refractivity contribution in [2.75, 3.05) is 7.11 Å². The summed E-state index contributed by atoms with van der Waals surface area (Å²) in [5, 5.41) is 10.8. The summed E-state index contributed by atoms with van der Waals surface area (Å²) in [4.78, 5) is 0. The Morgan fingerprint density at radius 2 is 2.10 bits per heavy atom. The third-order valence-corrected chi connectivity index (χ3v) is 1.38. The van der Waals surface area contributed by atoms with E-state index in [9.17, 15) is 5.11 Å². The predicted octanol–water partition coefficient (Wildman–Crippen LogP) is 2.15. The minimum absolute atomic E-state index is 0.0563. The molecule has 1 aromatic carbocycles. The number of hydrogen-bond donors (Lipinski definition) is 0. The van der Waals surface area contributed by atoms with Gasteiger partial charge in [-0.25, -0.2) is 0 Å². The van der Waals surface area contributed by atoms with Crippen LogP contribution in [0.4, 0.5) is 0 Å². The lowest BCUT2D eigenvalue weighted by atomic mass is 10.2. The third kappa shape index (κ3) is 1.21. The van der Waals surface area contributed by atoms with Crippen molar-refractivity contribution in [1.29, 1.82) is 0 Å². The molecule has 0 aliphatic rings. The fourth-order valence-corrected chi connectivity index (χ4v) is 0.749. The van der Waals surface area contributed by atoms with Crippen molar-refractivity contribution in [2.45, 2.75) is 6.92 Å². The molecule has 0 fully saturated rings. The van der Waals surface area contributed by atoms with Crippen molar-refractivity contribution < 1.29 is 9.84 Å². The van der Waals surface area contributed by atoms with Crippen LogP contribution < -0.4 is 4.74 Å². The van der Waals surface area contributed by atoms with Gasteiger partial charge in [-0.1, -0.05) is 0 Å². The van der Waals surface area contributed by atoms with Crippen LogP contribution in [-0.2, 0) is 5.11 Å². The summed E-state index contributed by atoms with van der Waals surface area (Å²) in [7, 11) is 1.58. The van der Waals surface area contributed by atoms with E-state index in [1.165, 1.54) is 6.07 Å². The zero-order valence-electron chi connectivity index (χ0n) is 6.05. The first-order valence-corrected chi connectivity index (χ1v) is 3.05. The molecule has 0 heterocycles. The standard InChI is InChI=1S/C8H9O2/c1-6-5-7(10-2)3-4-8(6)9/h3-5H,1-2H3. The van der Waals surface area contributed by atoms with Gasteiger partial charge in [-0.05, 0) is 25.1 Å². The summed E-state index contributed by atoms with van der Waals surface area (Å²) in [6.45, 7) is 1.77. The SMILES string of the molecule is COc1ccc([O])c(C)c1. The van der Waals surface area contributed by atoms with Gasteiger partial charge in [0.05, 0.1) is 7.11 Å². The number of hydrogen-bond acceptors (Lipinski definition) is 1. The van der Waals surface area contributed by atoms with E-state index >= 15 is 0 Å². The molecule has 0 aliphatic carbocycles. The lowest BCUT2D eigenvalue weighted by Gasteiger charge is -1.99. The van der Waals surface area contributed by atoms with Gasteiger partial charge in [-0.2, -0.15) is 0 Å². The molecule has 2 heteroatoms. The van der Waals surface area contributed by atoms with Gasteiger partial charge >= 0.3 is 0 Å². The highest BCUT2D eigenvalue weighted by molar-refractivity contribution is 5.37. The van der Waals surface area contributed by atoms with Crippen LogP contribution in [0.3, 0.4) is 0 Å². The minimum Gasteiger partial charge on any atom is -0.497 e. The number of benzene rings is 1. The summed E-state index contributed by atoms with van der Waals surface area (Å²) in [6, 6.07) is 4.89. The number of ether oxygens (including phenoxy) is 1. The van der Waals surface area contributed by atoms with E-state index in [0.29, 0.717) is 0 Å². The molecule has 0 bridgehead atoms. The zero-order chi connectivity index (χ0) is 7.56. The van der Waals surface area contributed by atoms with Crippen LogP contribution >= 0.6 is 0 Å². The molecular formula is C8H9O2. The van der Waals surface area contributed by atoms with E-state index in [1.54, 1.807) is 26.2 Å². The summed E-state index contributed by atoms with van der Waals surface area (Å²) in [5.74, 6) is 0.790. The molecule has 0 amide bonds. The van der Waals surface area contributed by atoms with Crippen LogP contribution in [0.25, 0.3) is 0 Å². The maximum absolute atomic E-state index is 10.8. The molecule has 1 aromatic rings. The fraction of sp³-hybridized carbons (Fsp3) is 0.250. The largest absolute Gasteiger partial charge is 0.497 e. The summed E-state index contributed by atoms with van der Waals surface area (Å²) in [6.07, 6.45) is 0. The topological polar surface area (TPSA) is 29.1 Å². The number of rotatable bonds is 1. The second-order valence-corrected chi connectivity index (χ2v) is 2.13. The summed E-state index contributed by atoms with van der Waals surface area (Å²) >= 11 is 0. The molecule has 0 saturated heterocycles. The van der Waals surface area contributed by atoms with Crippen LogP contribution in [0.5, 0.6) is 11.5 Å². The van der Waals surface area contributed by atoms with Gasteiger partial charge < -0.3 is 4.74 Å². The lowest BCUT2D eigenvalue weighted by molar-refractivity contribution is 0.349. The minimum atomic E-state index is 0.0563. The number of aryl methyl sites for hydroxylation is 1. The van der Waals surface area contributed by atoms with Crippen molar-refractivity contribution in [3.05, 3.63) is 23.8 Å². The normalized spacial score (nSPS) is 9.40. The van der Waals surface area contributed by atoms with Gasteiger partial charge in [-0.3, -0.25) is 5.11 Å². The monoisotopic (exact) mass is 137 g/mol. The molecule has 0 aromatic heterocycles. The molecule has 0 atom stereocenters. The van der Waals surface area contributed by atoms with E-state index in [0.717, 1.165) is 11.3 Å². The molecule has 0 spiro atoms. The Hall–Kier alpha value is -1.18.